The van der Waals surface area contributed by atoms with E-state index in [1.54, 1.807) is 19.1 Å². The molecule has 0 saturated carbocycles. The van der Waals surface area contributed by atoms with Gasteiger partial charge in [-0.05, 0) is 36.8 Å². The third kappa shape index (κ3) is 5.08. The number of hydrogen-bond acceptors (Lipinski definition) is 5. The fraction of sp³-hybridized carbons (Fsp3) is 0.316. The number of rotatable bonds is 6. The van der Waals surface area contributed by atoms with Gasteiger partial charge in [0, 0.05) is 24.8 Å². The second-order valence-electron chi connectivity index (χ2n) is 6.52. The summed E-state index contributed by atoms with van der Waals surface area (Å²) in [6, 6.07) is 7.49. The smallest absolute Gasteiger partial charge is 0.243 e. The highest BCUT2D eigenvalue weighted by molar-refractivity contribution is 7.89. The minimum absolute atomic E-state index is 0.140. The Morgan fingerprint density at radius 1 is 1.14 bits per heavy atom. The molecule has 1 fully saturated rings. The van der Waals surface area contributed by atoms with Crippen LogP contribution in [0, 0.1) is 18.6 Å². The van der Waals surface area contributed by atoms with Crippen LogP contribution in [0.1, 0.15) is 5.56 Å². The van der Waals surface area contributed by atoms with Crippen molar-refractivity contribution in [2.45, 2.75) is 11.8 Å². The van der Waals surface area contributed by atoms with Crippen LogP contribution in [0.5, 0.6) is 0 Å². The van der Waals surface area contributed by atoms with Gasteiger partial charge in [-0.15, -0.1) is 0 Å². The molecule has 10 heteroatoms. The number of nitrogens with one attached hydrogen (secondary N) is 2. The molecule has 0 bridgehead atoms. The number of anilines is 2. The number of sulfonamides is 1. The number of ether oxygens (including phenoxy) is 1. The zero-order chi connectivity index (χ0) is 21.0. The Morgan fingerprint density at radius 2 is 1.86 bits per heavy atom. The van der Waals surface area contributed by atoms with E-state index in [2.05, 4.69) is 10.6 Å². The lowest BCUT2D eigenvalue weighted by Gasteiger charge is -2.27. The van der Waals surface area contributed by atoms with E-state index in [1.165, 1.54) is 10.4 Å². The SMILES string of the molecule is Cc1ccc(NCC(=O)Nc2cc(F)ccc2F)cc1S(=O)(=O)N1CCOCC1. The monoisotopic (exact) mass is 425 g/mol. The predicted octanol–water partition coefficient (Wildman–Crippen LogP) is 2.34. The molecule has 0 spiro atoms. The molecular weight excluding hydrogens is 404 g/mol. The molecule has 29 heavy (non-hydrogen) atoms. The van der Waals surface area contributed by atoms with E-state index in [4.69, 9.17) is 4.74 Å². The number of hydrogen-bond donors (Lipinski definition) is 2. The van der Waals surface area contributed by atoms with Crippen LogP contribution in [0.15, 0.2) is 41.3 Å². The molecule has 0 unspecified atom stereocenters. The summed E-state index contributed by atoms with van der Waals surface area (Å²) in [7, 11) is -3.69. The van der Waals surface area contributed by atoms with E-state index in [0.29, 0.717) is 24.5 Å². The highest BCUT2D eigenvalue weighted by Gasteiger charge is 2.28. The Hall–Kier alpha value is -2.56. The minimum atomic E-state index is -3.69. The molecule has 2 aromatic rings. The number of carbonyl (C=O) groups excluding carboxylic acids is 1. The van der Waals surface area contributed by atoms with E-state index in [0.717, 1.165) is 18.2 Å². The summed E-state index contributed by atoms with van der Waals surface area (Å²) >= 11 is 0. The second kappa shape index (κ2) is 8.85. The third-order valence-corrected chi connectivity index (χ3v) is 6.47. The van der Waals surface area contributed by atoms with Gasteiger partial charge in [-0.2, -0.15) is 4.31 Å². The molecule has 0 aromatic heterocycles. The van der Waals surface area contributed by atoms with Crippen molar-refractivity contribution in [3.8, 4) is 0 Å². The maximum absolute atomic E-state index is 13.6. The largest absolute Gasteiger partial charge is 0.379 e. The summed E-state index contributed by atoms with van der Waals surface area (Å²) in [6.45, 7) is 2.68. The highest BCUT2D eigenvalue weighted by atomic mass is 32.2. The first kappa shape index (κ1) is 21.2. The Kier molecular flexibility index (Phi) is 6.46. The van der Waals surface area contributed by atoms with Gasteiger partial charge in [-0.3, -0.25) is 4.79 Å². The average Bonchev–Trinajstić information content (AvgIpc) is 2.70. The van der Waals surface area contributed by atoms with Gasteiger partial charge in [0.1, 0.15) is 11.6 Å². The fourth-order valence-electron chi connectivity index (χ4n) is 2.88. The first-order valence-corrected chi connectivity index (χ1v) is 10.4. The molecule has 2 aromatic carbocycles. The van der Waals surface area contributed by atoms with E-state index in [-0.39, 0.29) is 30.2 Å². The summed E-state index contributed by atoms with van der Waals surface area (Å²) in [5, 5.41) is 5.08. The van der Waals surface area contributed by atoms with Gasteiger partial charge in [0.05, 0.1) is 30.3 Å². The zero-order valence-electron chi connectivity index (χ0n) is 15.7. The van der Waals surface area contributed by atoms with Crippen molar-refractivity contribution in [2.75, 3.05) is 43.5 Å². The van der Waals surface area contributed by atoms with Crippen LogP contribution in [0.4, 0.5) is 20.2 Å². The van der Waals surface area contributed by atoms with E-state index in [9.17, 15) is 22.0 Å². The summed E-state index contributed by atoms with van der Waals surface area (Å²) in [5.74, 6) is -2.03. The van der Waals surface area contributed by atoms with Gasteiger partial charge in [-0.25, -0.2) is 17.2 Å². The molecule has 1 amide bonds. The van der Waals surface area contributed by atoms with Crippen LogP contribution in [0.2, 0.25) is 0 Å². The number of nitrogens with zero attached hydrogens (tertiary/aromatic N) is 1. The number of carbonyl (C=O) groups is 1. The Labute approximate surface area is 167 Å². The average molecular weight is 425 g/mol. The second-order valence-corrected chi connectivity index (χ2v) is 8.43. The number of benzene rings is 2. The number of halogens is 2. The minimum Gasteiger partial charge on any atom is -0.379 e. The lowest BCUT2D eigenvalue weighted by Crippen LogP contribution is -2.40. The van der Waals surface area contributed by atoms with Crippen molar-refractivity contribution in [3.05, 3.63) is 53.6 Å². The van der Waals surface area contributed by atoms with Gasteiger partial charge < -0.3 is 15.4 Å². The molecule has 0 atom stereocenters. The van der Waals surface area contributed by atoms with Crippen LogP contribution >= 0.6 is 0 Å². The van der Waals surface area contributed by atoms with Crippen molar-refractivity contribution >= 4 is 27.3 Å². The molecule has 0 radical (unpaired) electrons. The van der Waals surface area contributed by atoms with Crippen molar-refractivity contribution < 1.29 is 26.7 Å². The quantitative estimate of drug-likeness (QED) is 0.742. The van der Waals surface area contributed by atoms with E-state index >= 15 is 0 Å². The first-order valence-electron chi connectivity index (χ1n) is 8.95. The van der Waals surface area contributed by atoms with Gasteiger partial charge in [0.25, 0.3) is 0 Å². The molecule has 7 nitrogen and oxygen atoms in total. The molecule has 156 valence electrons. The van der Waals surface area contributed by atoms with E-state index < -0.39 is 27.6 Å². The third-order valence-electron chi connectivity index (χ3n) is 4.43. The highest BCUT2D eigenvalue weighted by Crippen LogP contribution is 2.24. The first-order chi connectivity index (χ1) is 13.8. The summed E-state index contributed by atoms with van der Waals surface area (Å²) in [5.41, 5.74) is 0.724. The summed E-state index contributed by atoms with van der Waals surface area (Å²) in [4.78, 5) is 12.2. The normalized spacial score (nSPS) is 15.1. The van der Waals surface area contributed by atoms with Crippen molar-refractivity contribution in [2.24, 2.45) is 0 Å². The topological polar surface area (TPSA) is 87.7 Å². The molecular formula is C19H21F2N3O4S. The molecule has 2 N–H and O–H groups in total. The van der Waals surface area contributed by atoms with Crippen LogP contribution < -0.4 is 10.6 Å². The Balaban J connectivity index is 1.69. The lowest BCUT2D eigenvalue weighted by atomic mass is 10.2. The van der Waals surface area contributed by atoms with E-state index in [1.807, 2.05) is 0 Å². The van der Waals surface area contributed by atoms with Crippen LogP contribution in [0.3, 0.4) is 0 Å². The van der Waals surface area contributed by atoms with Crippen molar-refractivity contribution in [1.29, 1.82) is 0 Å². The Morgan fingerprint density at radius 3 is 2.59 bits per heavy atom. The van der Waals surface area contributed by atoms with Crippen LogP contribution in [-0.2, 0) is 19.6 Å². The van der Waals surface area contributed by atoms with Gasteiger partial charge in [0.2, 0.25) is 15.9 Å². The van der Waals surface area contributed by atoms with Gasteiger partial charge in [0.15, 0.2) is 0 Å². The fourth-order valence-corrected chi connectivity index (χ4v) is 4.54. The van der Waals surface area contributed by atoms with Crippen molar-refractivity contribution in [1.82, 2.24) is 4.31 Å². The zero-order valence-corrected chi connectivity index (χ0v) is 16.6. The van der Waals surface area contributed by atoms with Crippen LogP contribution in [-0.4, -0.2) is 51.5 Å². The summed E-state index contributed by atoms with van der Waals surface area (Å²) < 4.78 is 59.2. The van der Waals surface area contributed by atoms with Gasteiger partial charge >= 0.3 is 0 Å². The molecule has 0 aliphatic carbocycles. The molecule has 1 heterocycles. The molecule has 1 saturated heterocycles. The lowest BCUT2D eigenvalue weighted by molar-refractivity contribution is -0.114. The van der Waals surface area contributed by atoms with Crippen LogP contribution in [0.25, 0.3) is 0 Å². The maximum atomic E-state index is 13.6. The molecule has 1 aliphatic heterocycles. The molecule has 1 aliphatic rings. The number of morpholine rings is 1. The number of amides is 1. The Bertz CT molecular complexity index is 1010. The standard InChI is InChI=1S/C19H21F2N3O4S/c1-13-2-4-15(11-18(13)29(26,27)24-6-8-28-9-7-24)22-12-19(25)23-17-10-14(20)3-5-16(17)21/h2-5,10-11,22H,6-9,12H2,1H3,(H,23,25). The van der Waals surface area contributed by atoms with Crippen molar-refractivity contribution in [3.63, 3.8) is 0 Å². The van der Waals surface area contributed by atoms with Gasteiger partial charge in [-0.1, -0.05) is 6.07 Å². The predicted molar refractivity (Wildman–Crippen MR) is 104 cm³/mol. The summed E-state index contributed by atoms with van der Waals surface area (Å²) in [6.07, 6.45) is 0. The number of aryl methyl sites for hydroxylation is 1. The maximum Gasteiger partial charge on any atom is 0.243 e. The molecule has 3 rings (SSSR count).